The molecule has 4 heteroatoms. The van der Waals surface area contributed by atoms with Gasteiger partial charge in [-0.15, -0.1) is 6.42 Å². The number of amides is 2. The number of carbonyl (C=O) groups is 2. The molecule has 1 N–H and O–H groups in total. The molecular formula is C13H20N2O2. The van der Waals surface area contributed by atoms with E-state index in [1.807, 2.05) is 27.7 Å². The van der Waals surface area contributed by atoms with Crippen molar-refractivity contribution in [1.82, 2.24) is 10.2 Å². The molecule has 4 nitrogen and oxygen atoms in total. The summed E-state index contributed by atoms with van der Waals surface area (Å²) in [5.41, 5.74) is -0.577. The van der Waals surface area contributed by atoms with Crippen LogP contribution in [0.25, 0.3) is 0 Å². The second-order valence-electron chi connectivity index (χ2n) is 5.03. The lowest BCUT2D eigenvalue weighted by molar-refractivity contribution is -0.141. The molecule has 0 aromatic rings. The van der Waals surface area contributed by atoms with Crippen molar-refractivity contribution in [2.75, 3.05) is 0 Å². The Morgan fingerprint density at radius 3 is 2.65 bits per heavy atom. The van der Waals surface area contributed by atoms with Crippen LogP contribution in [0.15, 0.2) is 0 Å². The van der Waals surface area contributed by atoms with E-state index < -0.39 is 11.6 Å². The van der Waals surface area contributed by atoms with Crippen LogP contribution in [-0.4, -0.2) is 34.3 Å². The van der Waals surface area contributed by atoms with Crippen LogP contribution < -0.4 is 5.32 Å². The summed E-state index contributed by atoms with van der Waals surface area (Å²) in [6.45, 7) is 7.47. The van der Waals surface area contributed by atoms with Gasteiger partial charge in [-0.05, 0) is 27.2 Å². The van der Waals surface area contributed by atoms with E-state index >= 15 is 0 Å². The third-order valence-electron chi connectivity index (χ3n) is 3.11. The van der Waals surface area contributed by atoms with Crippen LogP contribution >= 0.6 is 0 Å². The van der Waals surface area contributed by atoms with Crippen LogP contribution in [0.2, 0.25) is 0 Å². The number of imide groups is 1. The summed E-state index contributed by atoms with van der Waals surface area (Å²) in [5.74, 6) is 2.29. The number of terminal acetylenes is 1. The molecule has 0 aromatic carbocycles. The quantitative estimate of drug-likeness (QED) is 0.583. The minimum absolute atomic E-state index is 0.0456. The van der Waals surface area contributed by atoms with Gasteiger partial charge in [0.15, 0.2) is 0 Å². The normalized spacial score (nSPS) is 22.8. The fraction of sp³-hybridized carbons (Fsp3) is 0.692. The second-order valence-corrected chi connectivity index (χ2v) is 5.03. The van der Waals surface area contributed by atoms with Crippen molar-refractivity contribution in [2.45, 2.75) is 58.2 Å². The molecule has 0 bridgehead atoms. The summed E-state index contributed by atoms with van der Waals surface area (Å²) in [5, 5.41) is 3.05. The summed E-state index contributed by atoms with van der Waals surface area (Å²) in [7, 11) is 0. The Morgan fingerprint density at radius 2 is 2.18 bits per heavy atom. The monoisotopic (exact) mass is 236 g/mol. The summed E-state index contributed by atoms with van der Waals surface area (Å²) >= 11 is 0. The van der Waals surface area contributed by atoms with Crippen molar-refractivity contribution in [3.8, 4) is 12.3 Å². The Labute approximate surface area is 103 Å². The van der Waals surface area contributed by atoms with Gasteiger partial charge in [-0.2, -0.15) is 0 Å². The van der Waals surface area contributed by atoms with E-state index in [4.69, 9.17) is 6.42 Å². The van der Waals surface area contributed by atoms with Crippen molar-refractivity contribution in [3.05, 3.63) is 0 Å². The molecule has 1 saturated heterocycles. The molecular weight excluding hydrogens is 216 g/mol. The Hall–Kier alpha value is -1.34. The van der Waals surface area contributed by atoms with E-state index in [-0.39, 0.29) is 24.3 Å². The lowest BCUT2D eigenvalue weighted by Crippen LogP contribution is -2.49. The zero-order chi connectivity index (χ0) is 13.2. The molecule has 17 heavy (non-hydrogen) atoms. The molecule has 1 heterocycles. The molecule has 2 atom stereocenters. The molecule has 0 spiro atoms. The van der Waals surface area contributed by atoms with Gasteiger partial charge in [-0.1, -0.05) is 12.8 Å². The number of hydrogen-bond donors (Lipinski definition) is 1. The van der Waals surface area contributed by atoms with Gasteiger partial charge in [0, 0.05) is 6.04 Å². The van der Waals surface area contributed by atoms with E-state index in [0.29, 0.717) is 0 Å². The molecule has 0 saturated carbocycles. The predicted octanol–water partition coefficient (Wildman–Crippen LogP) is 0.914. The number of nitrogens with one attached hydrogen (secondary N) is 1. The van der Waals surface area contributed by atoms with Crippen LogP contribution in [0, 0.1) is 12.3 Å². The maximum atomic E-state index is 12.1. The van der Waals surface area contributed by atoms with E-state index in [9.17, 15) is 9.59 Å². The molecule has 2 amide bonds. The summed E-state index contributed by atoms with van der Waals surface area (Å²) in [4.78, 5) is 25.2. The Balaban J connectivity index is 2.79. The van der Waals surface area contributed by atoms with Crippen LogP contribution in [0.3, 0.4) is 0 Å². The first-order valence-corrected chi connectivity index (χ1v) is 5.93. The summed E-state index contributed by atoms with van der Waals surface area (Å²) in [6, 6.07) is -0.529. The second kappa shape index (κ2) is 4.89. The van der Waals surface area contributed by atoms with Gasteiger partial charge in [0.25, 0.3) is 0 Å². The molecule has 1 fully saturated rings. The highest BCUT2D eigenvalue weighted by Crippen LogP contribution is 2.19. The summed E-state index contributed by atoms with van der Waals surface area (Å²) in [6.07, 6.45) is 6.33. The Bertz CT molecular complexity index is 368. The minimum Gasteiger partial charge on any atom is -0.290 e. The molecule has 94 valence electrons. The molecule has 1 aliphatic rings. The van der Waals surface area contributed by atoms with Crippen molar-refractivity contribution in [3.63, 3.8) is 0 Å². The number of rotatable bonds is 4. The fourth-order valence-corrected chi connectivity index (χ4v) is 1.89. The smallest absolute Gasteiger partial charge is 0.247 e. The Kier molecular flexibility index (Phi) is 3.94. The molecule has 2 unspecified atom stereocenters. The number of nitrogens with zero attached hydrogens (tertiary/aromatic N) is 1. The van der Waals surface area contributed by atoms with Crippen LogP contribution in [0.5, 0.6) is 0 Å². The first-order valence-electron chi connectivity index (χ1n) is 5.93. The topological polar surface area (TPSA) is 49.4 Å². The Morgan fingerprint density at radius 1 is 1.59 bits per heavy atom. The standard InChI is InChI=1S/C13H20N2O2/c1-6-9(3)15-11(16)8-10(12(15)17)14-13(4,5)7-2/h2,9-10,14H,6,8H2,1,3-5H3. The largest absolute Gasteiger partial charge is 0.290 e. The maximum Gasteiger partial charge on any atom is 0.247 e. The highest BCUT2D eigenvalue weighted by Gasteiger charge is 2.42. The predicted molar refractivity (Wildman–Crippen MR) is 66.1 cm³/mol. The third kappa shape index (κ3) is 2.86. The molecule has 1 rings (SSSR count). The number of hydrogen-bond acceptors (Lipinski definition) is 3. The van der Waals surface area contributed by atoms with E-state index in [2.05, 4.69) is 11.2 Å². The summed E-state index contributed by atoms with van der Waals surface area (Å²) < 4.78 is 0. The molecule has 0 aromatic heterocycles. The van der Waals surface area contributed by atoms with E-state index in [1.54, 1.807) is 0 Å². The molecule has 0 radical (unpaired) electrons. The first-order chi connectivity index (χ1) is 7.82. The molecule has 0 aliphatic carbocycles. The van der Waals surface area contributed by atoms with Crippen molar-refractivity contribution in [1.29, 1.82) is 0 Å². The lowest BCUT2D eigenvalue weighted by Gasteiger charge is -2.25. The molecule has 1 aliphatic heterocycles. The number of likely N-dealkylation sites (tertiary alicyclic amines) is 1. The van der Waals surface area contributed by atoms with Gasteiger partial charge in [-0.25, -0.2) is 0 Å². The highest BCUT2D eigenvalue weighted by atomic mass is 16.2. The first kappa shape index (κ1) is 13.7. The van der Waals surface area contributed by atoms with Crippen molar-refractivity contribution < 1.29 is 9.59 Å². The fourth-order valence-electron chi connectivity index (χ4n) is 1.89. The number of carbonyl (C=O) groups excluding carboxylic acids is 2. The van der Waals surface area contributed by atoms with Gasteiger partial charge < -0.3 is 0 Å². The van der Waals surface area contributed by atoms with E-state index in [1.165, 1.54) is 4.90 Å². The van der Waals surface area contributed by atoms with Gasteiger partial charge in [0.05, 0.1) is 18.0 Å². The van der Waals surface area contributed by atoms with E-state index in [0.717, 1.165) is 6.42 Å². The van der Waals surface area contributed by atoms with Gasteiger partial charge in [0.2, 0.25) is 11.8 Å². The zero-order valence-electron chi connectivity index (χ0n) is 10.9. The van der Waals surface area contributed by atoms with Gasteiger partial charge in [0.1, 0.15) is 0 Å². The average molecular weight is 236 g/mol. The van der Waals surface area contributed by atoms with Crippen molar-refractivity contribution in [2.24, 2.45) is 0 Å². The van der Waals surface area contributed by atoms with Crippen LogP contribution in [-0.2, 0) is 9.59 Å². The lowest BCUT2D eigenvalue weighted by atomic mass is 10.0. The van der Waals surface area contributed by atoms with Gasteiger partial charge >= 0.3 is 0 Å². The van der Waals surface area contributed by atoms with Crippen LogP contribution in [0.4, 0.5) is 0 Å². The minimum atomic E-state index is -0.577. The SMILES string of the molecule is C#CC(C)(C)NC1CC(=O)N(C(C)CC)C1=O. The maximum absolute atomic E-state index is 12.1. The van der Waals surface area contributed by atoms with Crippen molar-refractivity contribution >= 4 is 11.8 Å². The van der Waals surface area contributed by atoms with Crippen LogP contribution in [0.1, 0.15) is 40.5 Å². The van der Waals surface area contributed by atoms with Gasteiger partial charge in [-0.3, -0.25) is 19.8 Å². The zero-order valence-corrected chi connectivity index (χ0v) is 10.9. The highest BCUT2D eigenvalue weighted by molar-refractivity contribution is 6.05. The average Bonchev–Trinajstić information content (AvgIpc) is 2.53. The third-order valence-corrected chi connectivity index (χ3v) is 3.11.